The number of nitrogens with one attached hydrogen (secondary N) is 1. The molecule has 0 aromatic heterocycles. The van der Waals surface area contributed by atoms with E-state index in [9.17, 15) is 0 Å². The molecule has 1 aliphatic heterocycles. The first-order valence-corrected chi connectivity index (χ1v) is 3.36. The van der Waals surface area contributed by atoms with E-state index in [0.29, 0.717) is 6.32 Å². The maximum Gasteiger partial charge on any atom is 0.0737 e. The van der Waals surface area contributed by atoms with Crippen molar-refractivity contribution in [1.29, 1.82) is 0 Å². The monoisotopic (exact) mass is 134 g/mol. The molecular weight excluding hydrogens is 123 g/mol. The van der Waals surface area contributed by atoms with Crippen LogP contribution in [0.4, 0.5) is 0 Å². The molecular formula is C7H11BN2. The molecule has 0 unspecified atom stereocenters. The summed E-state index contributed by atoms with van der Waals surface area (Å²) < 4.78 is 0. The molecule has 3 heteroatoms. The summed E-state index contributed by atoms with van der Waals surface area (Å²) in [5, 5.41) is 3.96. The molecule has 1 N–H and O–H groups in total. The third kappa shape index (κ3) is 1.63. The van der Waals surface area contributed by atoms with Crippen LogP contribution in [0.5, 0.6) is 0 Å². The van der Waals surface area contributed by atoms with E-state index in [2.05, 4.69) is 30.5 Å². The molecule has 0 aromatic rings. The standard InChI is InChI=1S/C7H11BN2/c1-7(2)3-6(4-8)10-9-5-7/h3,5,10H,4H2,1-2H3. The third-order valence-electron chi connectivity index (χ3n) is 1.37. The molecule has 0 saturated heterocycles. The molecule has 0 aliphatic carbocycles. The molecule has 0 atom stereocenters. The van der Waals surface area contributed by atoms with Gasteiger partial charge in [-0.1, -0.05) is 19.9 Å². The highest BCUT2D eigenvalue weighted by molar-refractivity contribution is 6.10. The van der Waals surface area contributed by atoms with Crippen LogP contribution in [0.1, 0.15) is 13.8 Å². The summed E-state index contributed by atoms with van der Waals surface area (Å²) in [7, 11) is 5.42. The van der Waals surface area contributed by atoms with E-state index in [1.54, 1.807) is 0 Å². The van der Waals surface area contributed by atoms with Crippen molar-refractivity contribution in [3.63, 3.8) is 0 Å². The molecule has 0 bridgehead atoms. The number of hydrogen-bond donors (Lipinski definition) is 1. The van der Waals surface area contributed by atoms with E-state index < -0.39 is 0 Å². The third-order valence-corrected chi connectivity index (χ3v) is 1.37. The summed E-state index contributed by atoms with van der Waals surface area (Å²) in [5.74, 6) is 0. The van der Waals surface area contributed by atoms with Crippen molar-refractivity contribution in [3.8, 4) is 0 Å². The van der Waals surface area contributed by atoms with Gasteiger partial charge in [0.25, 0.3) is 0 Å². The molecule has 0 saturated carbocycles. The lowest BCUT2D eigenvalue weighted by atomic mass is 9.90. The van der Waals surface area contributed by atoms with Crippen molar-refractivity contribution in [2.24, 2.45) is 10.5 Å². The smallest absolute Gasteiger partial charge is 0.0737 e. The van der Waals surface area contributed by atoms with Gasteiger partial charge >= 0.3 is 0 Å². The van der Waals surface area contributed by atoms with E-state index in [1.165, 1.54) is 0 Å². The zero-order valence-electron chi connectivity index (χ0n) is 6.39. The lowest BCUT2D eigenvalue weighted by Crippen LogP contribution is -2.21. The maximum absolute atomic E-state index is 5.42. The highest BCUT2D eigenvalue weighted by Gasteiger charge is 2.15. The highest BCUT2D eigenvalue weighted by Crippen LogP contribution is 2.19. The first-order valence-electron chi connectivity index (χ1n) is 3.36. The summed E-state index contributed by atoms with van der Waals surface area (Å²) in [6.45, 7) is 4.18. The number of rotatable bonds is 1. The van der Waals surface area contributed by atoms with E-state index in [0.717, 1.165) is 5.70 Å². The second-order valence-corrected chi connectivity index (χ2v) is 3.07. The molecule has 0 amide bonds. The van der Waals surface area contributed by atoms with Crippen LogP contribution in [-0.4, -0.2) is 14.1 Å². The molecule has 10 heavy (non-hydrogen) atoms. The number of hydrazone groups is 1. The van der Waals surface area contributed by atoms with Crippen molar-refractivity contribution < 1.29 is 0 Å². The highest BCUT2D eigenvalue weighted by atomic mass is 15.3. The predicted octanol–water partition coefficient (Wildman–Crippen LogP) is 1.07. The number of nitrogens with zero attached hydrogens (tertiary/aromatic N) is 1. The number of allylic oxidation sites excluding steroid dienone is 2. The Morgan fingerprint density at radius 2 is 2.40 bits per heavy atom. The van der Waals surface area contributed by atoms with Gasteiger partial charge in [-0.2, -0.15) is 5.10 Å². The topological polar surface area (TPSA) is 24.4 Å². The lowest BCUT2D eigenvalue weighted by Gasteiger charge is -2.20. The van der Waals surface area contributed by atoms with E-state index in [-0.39, 0.29) is 5.41 Å². The lowest BCUT2D eigenvalue weighted by molar-refractivity contribution is 0.643. The average molecular weight is 134 g/mol. The second kappa shape index (κ2) is 2.49. The van der Waals surface area contributed by atoms with Gasteiger partial charge in [0.15, 0.2) is 0 Å². The van der Waals surface area contributed by atoms with Crippen LogP contribution in [0.2, 0.25) is 6.32 Å². The van der Waals surface area contributed by atoms with Crippen molar-refractivity contribution in [2.45, 2.75) is 20.2 Å². The Hall–Kier alpha value is -0.725. The minimum absolute atomic E-state index is 0.0555. The number of hydrogen-bond acceptors (Lipinski definition) is 2. The summed E-state index contributed by atoms with van der Waals surface area (Å²) in [5.41, 5.74) is 3.88. The van der Waals surface area contributed by atoms with Gasteiger partial charge in [0.1, 0.15) is 0 Å². The van der Waals surface area contributed by atoms with Crippen molar-refractivity contribution in [1.82, 2.24) is 5.43 Å². The van der Waals surface area contributed by atoms with E-state index in [4.69, 9.17) is 7.85 Å². The summed E-state index contributed by atoms with van der Waals surface area (Å²) in [4.78, 5) is 0. The van der Waals surface area contributed by atoms with Crippen molar-refractivity contribution in [2.75, 3.05) is 0 Å². The summed E-state index contributed by atoms with van der Waals surface area (Å²) >= 11 is 0. The van der Waals surface area contributed by atoms with Gasteiger partial charge in [-0.3, -0.25) is 5.43 Å². The van der Waals surface area contributed by atoms with Gasteiger partial charge in [-0.25, -0.2) is 0 Å². The SMILES string of the molecule is [B]CC1=CC(C)(C)C=NN1. The zero-order chi connectivity index (χ0) is 7.61. The maximum atomic E-state index is 5.42. The van der Waals surface area contributed by atoms with Gasteiger partial charge in [-0.05, 0) is 6.32 Å². The second-order valence-electron chi connectivity index (χ2n) is 3.07. The van der Waals surface area contributed by atoms with Gasteiger partial charge < -0.3 is 0 Å². The van der Waals surface area contributed by atoms with Gasteiger partial charge in [-0.15, -0.1) is 0 Å². The van der Waals surface area contributed by atoms with Crippen LogP contribution >= 0.6 is 0 Å². The molecule has 2 radical (unpaired) electrons. The van der Waals surface area contributed by atoms with Crippen LogP contribution < -0.4 is 5.43 Å². The quantitative estimate of drug-likeness (QED) is 0.533. The van der Waals surface area contributed by atoms with E-state index >= 15 is 0 Å². The molecule has 1 rings (SSSR count). The molecule has 52 valence electrons. The minimum Gasteiger partial charge on any atom is -0.284 e. The normalized spacial score (nSPS) is 21.6. The van der Waals surface area contributed by atoms with Crippen LogP contribution in [0.3, 0.4) is 0 Å². The van der Waals surface area contributed by atoms with Crippen LogP contribution in [0, 0.1) is 5.41 Å². The molecule has 0 fully saturated rings. The van der Waals surface area contributed by atoms with Crippen LogP contribution in [0.15, 0.2) is 16.9 Å². The molecule has 1 heterocycles. The Morgan fingerprint density at radius 1 is 1.70 bits per heavy atom. The van der Waals surface area contributed by atoms with Crippen LogP contribution in [-0.2, 0) is 0 Å². The average Bonchev–Trinajstić information content (AvgIpc) is 1.86. The Balaban J connectivity index is 2.73. The first-order chi connectivity index (χ1) is 4.64. The van der Waals surface area contributed by atoms with Gasteiger partial charge in [0.05, 0.1) is 7.85 Å². The zero-order valence-corrected chi connectivity index (χ0v) is 6.39. The van der Waals surface area contributed by atoms with E-state index in [1.807, 2.05) is 6.21 Å². The molecule has 0 aromatic carbocycles. The predicted molar refractivity (Wildman–Crippen MR) is 44.1 cm³/mol. The molecule has 2 nitrogen and oxygen atoms in total. The minimum atomic E-state index is 0.0555. The van der Waals surface area contributed by atoms with Gasteiger partial charge in [0.2, 0.25) is 0 Å². The Morgan fingerprint density at radius 3 is 2.80 bits per heavy atom. The Labute approximate surface area is 62.8 Å². The van der Waals surface area contributed by atoms with Crippen LogP contribution in [0.25, 0.3) is 0 Å². The summed E-state index contributed by atoms with van der Waals surface area (Å²) in [6, 6.07) is 0. The fourth-order valence-electron chi connectivity index (χ4n) is 0.905. The molecule has 0 spiro atoms. The van der Waals surface area contributed by atoms with Crippen molar-refractivity contribution in [3.05, 3.63) is 11.8 Å². The first kappa shape index (κ1) is 7.38. The fourth-order valence-corrected chi connectivity index (χ4v) is 0.905. The fraction of sp³-hybridized carbons (Fsp3) is 0.571. The largest absolute Gasteiger partial charge is 0.284 e. The summed E-state index contributed by atoms with van der Waals surface area (Å²) in [6.07, 6.45) is 4.48. The molecule has 1 aliphatic rings. The Bertz CT molecular complexity index is 182. The Kier molecular flexibility index (Phi) is 1.83. The van der Waals surface area contributed by atoms with Gasteiger partial charge in [0, 0.05) is 17.3 Å². The van der Waals surface area contributed by atoms with Crippen molar-refractivity contribution >= 4 is 14.1 Å².